The van der Waals surface area contributed by atoms with Crippen molar-refractivity contribution in [3.8, 4) is 0 Å². The fourth-order valence-corrected chi connectivity index (χ4v) is 4.74. The number of carbonyl (C=O) groups is 1. The molecule has 0 atom stereocenters. The molecule has 6 rings (SSSR count). The second-order valence-electron chi connectivity index (χ2n) is 6.94. The summed E-state index contributed by atoms with van der Waals surface area (Å²) < 4.78 is 2.37. The minimum atomic E-state index is 0.0324. The molecule has 0 bridgehead atoms. The van der Waals surface area contributed by atoms with Gasteiger partial charge in [-0.3, -0.25) is 4.79 Å². The van der Waals surface area contributed by atoms with Crippen LogP contribution in [0.15, 0.2) is 48.5 Å². The van der Waals surface area contributed by atoms with Crippen LogP contribution in [0.2, 0.25) is 0 Å². The van der Waals surface area contributed by atoms with Crippen molar-refractivity contribution >= 4 is 49.5 Å². The molecule has 126 valence electrons. The van der Waals surface area contributed by atoms with E-state index in [9.17, 15) is 4.79 Å². The first-order valence-corrected chi connectivity index (χ1v) is 9.04. The SMILES string of the molecule is CCn1c2ccccc2c2c3c(c4c5ccccc5[nH]c4c21)C(=O)NC3. The van der Waals surface area contributed by atoms with Crippen molar-refractivity contribution in [2.45, 2.75) is 20.0 Å². The maximum atomic E-state index is 12.7. The molecule has 3 aromatic carbocycles. The number of carbonyl (C=O) groups excluding carboxylic acids is 1. The van der Waals surface area contributed by atoms with Crippen LogP contribution in [0.4, 0.5) is 0 Å². The van der Waals surface area contributed by atoms with Gasteiger partial charge in [-0.2, -0.15) is 0 Å². The highest BCUT2D eigenvalue weighted by atomic mass is 16.1. The Labute approximate surface area is 149 Å². The van der Waals surface area contributed by atoms with E-state index in [-0.39, 0.29) is 5.91 Å². The summed E-state index contributed by atoms with van der Waals surface area (Å²) in [5.74, 6) is 0.0324. The summed E-state index contributed by atoms with van der Waals surface area (Å²) >= 11 is 0. The van der Waals surface area contributed by atoms with E-state index >= 15 is 0 Å². The zero-order valence-corrected chi connectivity index (χ0v) is 14.4. The van der Waals surface area contributed by atoms with Gasteiger partial charge in [-0.15, -0.1) is 0 Å². The van der Waals surface area contributed by atoms with E-state index in [1.54, 1.807) is 0 Å². The average Bonchev–Trinajstić information content (AvgIpc) is 3.32. The largest absolute Gasteiger partial charge is 0.353 e. The van der Waals surface area contributed by atoms with Crippen LogP contribution >= 0.6 is 0 Å². The monoisotopic (exact) mass is 339 g/mol. The first-order chi connectivity index (χ1) is 12.8. The number of para-hydroxylation sites is 2. The average molecular weight is 339 g/mol. The number of hydrogen-bond acceptors (Lipinski definition) is 1. The third-order valence-corrected chi connectivity index (χ3v) is 5.74. The van der Waals surface area contributed by atoms with Gasteiger partial charge in [0.2, 0.25) is 0 Å². The Bertz CT molecular complexity index is 1390. The van der Waals surface area contributed by atoms with E-state index < -0.39 is 0 Å². The molecule has 26 heavy (non-hydrogen) atoms. The predicted octanol–water partition coefficient (Wildman–Crippen LogP) is 4.69. The van der Waals surface area contributed by atoms with Crippen LogP contribution in [0.25, 0.3) is 43.6 Å². The van der Waals surface area contributed by atoms with Gasteiger partial charge in [0, 0.05) is 45.7 Å². The van der Waals surface area contributed by atoms with Crippen molar-refractivity contribution in [2.24, 2.45) is 0 Å². The molecule has 0 saturated heterocycles. The third kappa shape index (κ3) is 1.48. The molecule has 3 heterocycles. The van der Waals surface area contributed by atoms with Crippen molar-refractivity contribution < 1.29 is 4.79 Å². The molecule has 1 aliphatic rings. The van der Waals surface area contributed by atoms with Gasteiger partial charge in [0.15, 0.2) is 0 Å². The molecule has 4 nitrogen and oxygen atoms in total. The number of aryl methyl sites for hydroxylation is 1. The summed E-state index contributed by atoms with van der Waals surface area (Å²) in [5.41, 5.74) is 6.53. The highest BCUT2D eigenvalue weighted by Gasteiger charge is 2.30. The summed E-state index contributed by atoms with van der Waals surface area (Å²) in [4.78, 5) is 16.4. The number of fused-ring (bicyclic) bond motifs is 10. The van der Waals surface area contributed by atoms with Gasteiger partial charge in [0.05, 0.1) is 16.6 Å². The van der Waals surface area contributed by atoms with E-state index in [1.165, 1.54) is 21.8 Å². The van der Waals surface area contributed by atoms with E-state index in [0.717, 1.165) is 39.5 Å². The molecule has 0 spiro atoms. The van der Waals surface area contributed by atoms with Gasteiger partial charge in [0.25, 0.3) is 5.91 Å². The Balaban J connectivity index is 2.03. The highest BCUT2D eigenvalue weighted by Crippen LogP contribution is 2.43. The quantitative estimate of drug-likeness (QED) is 0.457. The molecule has 4 heteroatoms. The van der Waals surface area contributed by atoms with Crippen molar-refractivity contribution in [3.63, 3.8) is 0 Å². The van der Waals surface area contributed by atoms with Crippen molar-refractivity contribution in [3.05, 3.63) is 59.7 Å². The molecule has 0 aliphatic carbocycles. The first-order valence-electron chi connectivity index (χ1n) is 9.04. The second kappa shape index (κ2) is 4.67. The lowest BCUT2D eigenvalue weighted by molar-refractivity contribution is 0.0967. The fourth-order valence-electron chi connectivity index (χ4n) is 4.74. The molecule has 0 saturated carbocycles. The van der Waals surface area contributed by atoms with Gasteiger partial charge in [-0.1, -0.05) is 36.4 Å². The van der Waals surface area contributed by atoms with E-state index in [0.29, 0.717) is 6.54 Å². The fraction of sp³-hybridized carbons (Fsp3) is 0.136. The molecule has 2 aromatic heterocycles. The maximum absolute atomic E-state index is 12.7. The topological polar surface area (TPSA) is 49.8 Å². The van der Waals surface area contributed by atoms with Gasteiger partial charge >= 0.3 is 0 Å². The minimum absolute atomic E-state index is 0.0324. The van der Waals surface area contributed by atoms with Gasteiger partial charge < -0.3 is 14.9 Å². The molecule has 1 amide bonds. The lowest BCUT2D eigenvalue weighted by Gasteiger charge is -2.07. The van der Waals surface area contributed by atoms with Crippen LogP contribution in [0, 0.1) is 0 Å². The summed E-state index contributed by atoms with van der Waals surface area (Å²) in [6.45, 7) is 3.66. The lowest BCUT2D eigenvalue weighted by atomic mass is 9.97. The number of H-pyrrole nitrogens is 1. The van der Waals surface area contributed by atoms with Gasteiger partial charge in [0.1, 0.15) is 0 Å². The Morgan fingerprint density at radius 3 is 2.62 bits per heavy atom. The molecular weight excluding hydrogens is 322 g/mol. The normalized spacial score (nSPS) is 14.0. The number of aromatic amines is 1. The lowest BCUT2D eigenvalue weighted by Crippen LogP contribution is -2.12. The summed E-state index contributed by atoms with van der Waals surface area (Å²) in [7, 11) is 0. The molecule has 2 N–H and O–H groups in total. The molecule has 5 aromatic rings. The molecule has 0 radical (unpaired) electrons. The van der Waals surface area contributed by atoms with E-state index in [1.807, 2.05) is 12.1 Å². The summed E-state index contributed by atoms with van der Waals surface area (Å²) in [6.07, 6.45) is 0. The van der Waals surface area contributed by atoms with Crippen LogP contribution in [-0.2, 0) is 13.1 Å². The highest BCUT2D eigenvalue weighted by molar-refractivity contribution is 6.30. The van der Waals surface area contributed by atoms with Crippen LogP contribution in [-0.4, -0.2) is 15.5 Å². The number of nitrogens with one attached hydrogen (secondary N) is 2. The standard InChI is InChI=1S/C22H17N3O/c1-2-25-16-10-6-4-8-13(16)17-14-11-23-22(26)19(14)18-12-7-3-5-9-15(12)24-20(18)21(17)25/h3-10,24H,2,11H2,1H3,(H,23,26). The smallest absolute Gasteiger partial charge is 0.252 e. The zero-order chi connectivity index (χ0) is 17.4. The number of benzene rings is 3. The number of aromatic nitrogens is 2. The van der Waals surface area contributed by atoms with Crippen LogP contribution in [0.5, 0.6) is 0 Å². The Hall–Kier alpha value is -3.27. The molecular formula is C22H17N3O. The number of amides is 1. The van der Waals surface area contributed by atoms with Crippen molar-refractivity contribution in [1.82, 2.24) is 14.9 Å². The molecule has 0 fully saturated rings. The van der Waals surface area contributed by atoms with E-state index in [2.05, 4.69) is 58.2 Å². The maximum Gasteiger partial charge on any atom is 0.252 e. The minimum Gasteiger partial charge on any atom is -0.353 e. The first kappa shape index (κ1) is 14.0. The van der Waals surface area contributed by atoms with Gasteiger partial charge in [-0.25, -0.2) is 0 Å². The molecule has 1 aliphatic heterocycles. The van der Waals surface area contributed by atoms with Crippen molar-refractivity contribution in [1.29, 1.82) is 0 Å². The zero-order valence-electron chi connectivity index (χ0n) is 14.4. The van der Waals surface area contributed by atoms with Crippen molar-refractivity contribution in [2.75, 3.05) is 0 Å². The second-order valence-corrected chi connectivity index (χ2v) is 6.94. The van der Waals surface area contributed by atoms with Gasteiger partial charge in [-0.05, 0) is 24.6 Å². The Morgan fingerprint density at radius 2 is 1.77 bits per heavy atom. The number of hydrogen-bond donors (Lipinski definition) is 2. The van der Waals surface area contributed by atoms with Crippen LogP contribution < -0.4 is 5.32 Å². The van der Waals surface area contributed by atoms with E-state index in [4.69, 9.17) is 0 Å². The number of nitrogens with zero attached hydrogens (tertiary/aromatic N) is 1. The predicted molar refractivity (Wildman–Crippen MR) is 106 cm³/mol. The summed E-state index contributed by atoms with van der Waals surface area (Å²) in [6, 6.07) is 16.8. The summed E-state index contributed by atoms with van der Waals surface area (Å²) in [5, 5.41) is 7.65. The molecule has 0 unspecified atom stereocenters. The van der Waals surface area contributed by atoms with Crippen LogP contribution in [0.3, 0.4) is 0 Å². The Kier molecular flexibility index (Phi) is 2.51. The Morgan fingerprint density at radius 1 is 1.00 bits per heavy atom. The third-order valence-electron chi connectivity index (χ3n) is 5.74. The van der Waals surface area contributed by atoms with Crippen LogP contribution in [0.1, 0.15) is 22.8 Å². The number of rotatable bonds is 1.